The summed E-state index contributed by atoms with van der Waals surface area (Å²) in [5.74, 6) is 0.254. The lowest BCUT2D eigenvalue weighted by molar-refractivity contribution is -0.117. The Morgan fingerprint density at radius 1 is 1.05 bits per heavy atom. The molecule has 0 aliphatic carbocycles. The van der Waals surface area contributed by atoms with Crippen LogP contribution in [0.1, 0.15) is 16.8 Å². The molecule has 2 aromatic carbocycles. The van der Waals surface area contributed by atoms with Gasteiger partial charge in [-0.1, -0.05) is 47.5 Å². The van der Waals surface area contributed by atoms with E-state index < -0.39 is 6.03 Å². The van der Waals surface area contributed by atoms with Crippen molar-refractivity contribution in [2.24, 2.45) is 0 Å². The number of amides is 3. The summed E-state index contributed by atoms with van der Waals surface area (Å²) < 4.78 is 6.03. The second-order valence-electron chi connectivity index (χ2n) is 8.26. The molecule has 0 fully saturated rings. The Balaban J connectivity index is 1.39. The van der Waals surface area contributed by atoms with Crippen LogP contribution in [0.3, 0.4) is 0 Å². The highest BCUT2D eigenvalue weighted by Crippen LogP contribution is 2.35. The fraction of sp³-hybridized carbons (Fsp3) is 0.185. The number of anilines is 1. The molecule has 0 saturated heterocycles. The molecular formula is C27H25Cl2N5O3. The van der Waals surface area contributed by atoms with E-state index in [0.717, 1.165) is 22.2 Å². The minimum absolute atomic E-state index is 0.0867. The Bertz CT molecular complexity index is 1430. The van der Waals surface area contributed by atoms with E-state index in [-0.39, 0.29) is 24.1 Å². The van der Waals surface area contributed by atoms with Crippen LogP contribution in [0.5, 0.6) is 5.75 Å². The molecule has 3 amide bonds. The number of halogens is 2. The molecule has 37 heavy (non-hydrogen) atoms. The highest BCUT2D eigenvalue weighted by atomic mass is 35.5. The number of nitrogens with one attached hydrogen (secondary N) is 2. The maximum absolute atomic E-state index is 12.8. The van der Waals surface area contributed by atoms with Crippen molar-refractivity contribution in [3.8, 4) is 5.75 Å². The van der Waals surface area contributed by atoms with Gasteiger partial charge in [0.15, 0.2) is 0 Å². The maximum Gasteiger partial charge on any atom is 0.315 e. The number of urea groups is 1. The number of nitrogens with zero attached hydrogens (tertiary/aromatic N) is 3. The molecule has 0 unspecified atom stereocenters. The third-order valence-corrected chi connectivity index (χ3v) is 6.49. The Labute approximate surface area is 224 Å². The van der Waals surface area contributed by atoms with E-state index in [0.29, 0.717) is 28.6 Å². The predicted molar refractivity (Wildman–Crippen MR) is 145 cm³/mol. The summed E-state index contributed by atoms with van der Waals surface area (Å²) in [6.07, 6.45) is 3.31. The summed E-state index contributed by atoms with van der Waals surface area (Å²) in [6.45, 7) is 2.03. The Hall–Kier alpha value is -3.88. The van der Waals surface area contributed by atoms with Gasteiger partial charge in [-0.05, 0) is 42.8 Å². The Morgan fingerprint density at radius 3 is 2.65 bits per heavy atom. The van der Waals surface area contributed by atoms with Crippen molar-refractivity contribution in [3.05, 3.63) is 93.9 Å². The van der Waals surface area contributed by atoms with Gasteiger partial charge in [0.1, 0.15) is 12.4 Å². The minimum Gasteiger partial charge on any atom is -0.487 e. The van der Waals surface area contributed by atoms with Gasteiger partial charge >= 0.3 is 6.03 Å². The first-order chi connectivity index (χ1) is 17.8. The third-order valence-electron chi connectivity index (χ3n) is 5.72. The SMILES string of the molecule is Cc1nc2ccccc2cc1OCc1c(Cl)ccc(N(C)C(=O)CNC(=O)NCc2cccnc2)c1Cl. The molecule has 0 saturated carbocycles. The van der Waals surface area contributed by atoms with E-state index in [2.05, 4.69) is 20.6 Å². The van der Waals surface area contributed by atoms with Crippen LogP contribution in [-0.4, -0.2) is 35.5 Å². The summed E-state index contributed by atoms with van der Waals surface area (Å²) in [6, 6.07) is 16.1. The Morgan fingerprint density at radius 2 is 1.86 bits per heavy atom. The molecule has 2 aromatic heterocycles. The molecular weight excluding hydrogens is 513 g/mol. The summed E-state index contributed by atoms with van der Waals surface area (Å²) in [5, 5.41) is 6.89. The largest absolute Gasteiger partial charge is 0.487 e. The van der Waals surface area contributed by atoms with Gasteiger partial charge in [-0.3, -0.25) is 9.78 Å². The predicted octanol–water partition coefficient (Wildman–Crippen LogP) is 5.29. The van der Waals surface area contributed by atoms with Crippen LogP contribution < -0.4 is 20.3 Å². The minimum atomic E-state index is -0.471. The average Bonchev–Trinajstić information content (AvgIpc) is 2.90. The van der Waals surface area contributed by atoms with Gasteiger partial charge in [0.05, 0.1) is 28.5 Å². The van der Waals surface area contributed by atoms with Crippen LogP contribution in [0.15, 0.2) is 67.0 Å². The molecule has 8 nitrogen and oxygen atoms in total. The van der Waals surface area contributed by atoms with E-state index in [1.165, 1.54) is 4.90 Å². The number of aryl methyl sites for hydroxylation is 1. The molecule has 4 aromatic rings. The van der Waals surface area contributed by atoms with Gasteiger partial charge in [-0.2, -0.15) is 0 Å². The number of aromatic nitrogens is 2. The van der Waals surface area contributed by atoms with Crippen molar-refractivity contribution in [2.45, 2.75) is 20.1 Å². The van der Waals surface area contributed by atoms with E-state index >= 15 is 0 Å². The smallest absolute Gasteiger partial charge is 0.315 e. The van der Waals surface area contributed by atoms with E-state index in [1.54, 1.807) is 37.6 Å². The first-order valence-electron chi connectivity index (χ1n) is 11.5. The molecule has 0 aliphatic heterocycles. The number of rotatable bonds is 8. The molecule has 0 bridgehead atoms. The number of carbonyl (C=O) groups is 2. The zero-order valence-electron chi connectivity index (χ0n) is 20.3. The highest BCUT2D eigenvalue weighted by Gasteiger charge is 2.19. The van der Waals surface area contributed by atoms with E-state index in [1.807, 2.05) is 43.3 Å². The molecule has 2 N–H and O–H groups in total. The molecule has 2 heterocycles. The van der Waals surface area contributed by atoms with Crippen LogP contribution in [0.4, 0.5) is 10.5 Å². The maximum atomic E-state index is 12.8. The number of hydrogen-bond acceptors (Lipinski definition) is 5. The fourth-order valence-electron chi connectivity index (χ4n) is 3.62. The highest BCUT2D eigenvalue weighted by molar-refractivity contribution is 6.38. The van der Waals surface area contributed by atoms with Crippen molar-refractivity contribution in [3.63, 3.8) is 0 Å². The second kappa shape index (κ2) is 11.9. The topological polar surface area (TPSA) is 96.5 Å². The van der Waals surface area contributed by atoms with Crippen LogP contribution in [-0.2, 0) is 17.9 Å². The number of likely N-dealkylation sites (N-methyl/N-ethyl adjacent to an activating group) is 1. The van der Waals surface area contributed by atoms with E-state index in [4.69, 9.17) is 27.9 Å². The first-order valence-corrected chi connectivity index (χ1v) is 12.2. The summed E-state index contributed by atoms with van der Waals surface area (Å²) in [7, 11) is 1.58. The van der Waals surface area contributed by atoms with Crippen molar-refractivity contribution < 1.29 is 14.3 Å². The van der Waals surface area contributed by atoms with Gasteiger partial charge in [0.2, 0.25) is 5.91 Å². The lowest BCUT2D eigenvalue weighted by Gasteiger charge is -2.21. The lowest BCUT2D eigenvalue weighted by Crippen LogP contribution is -2.42. The first kappa shape index (κ1) is 26.2. The van der Waals surface area contributed by atoms with Crippen molar-refractivity contribution in [2.75, 3.05) is 18.5 Å². The summed E-state index contributed by atoms with van der Waals surface area (Å²) in [5.41, 5.74) is 3.45. The van der Waals surface area contributed by atoms with Crippen LogP contribution in [0.25, 0.3) is 10.9 Å². The van der Waals surface area contributed by atoms with Crippen molar-refractivity contribution in [1.82, 2.24) is 20.6 Å². The third kappa shape index (κ3) is 6.47. The molecule has 4 rings (SSSR count). The van der Waals surface area contributed by atoms with Gasteiger partial charge in [0.25, 0.3) is 0 Å². The second-order valence-corrected chi connectivity index (χ2v) is 9.05. The zero-order chi connectivity index (χ0) is 26.4. The number of benzene rings is 2. The van der Waals surface area contributed by atoms with E-state index in [9.17, 15) is 9.59 Å². The van der Waals surface area contributed by atoms with Crippen LogP contribution in [0, 0.1) is 6.92 Å². The quantitative estimate of drug-likeness (QED) is 0.318. The molecule has 0 atom stereocenters. The van der Waals surface area contributed by atoms with Crippen LogP contribution >= 0.6 is 23.2 Å². The summed E-state index contributed by atoms with van der Waals surface area (Å²) in [4.78, 5) is 34.8. The van der Waals surface area contributed by atoms with Gasteiger partial charge in [-0.15, -0.1) is 0 Å². The molecule has 0 radical (unpaired) electrons. The molecule has 0 aliphatic rings. The normalized spacial score (nSPS) is 10.7. The Kier molecular flexibility index (Phi) is 8.43. The monoisotopic (exact) mass is 537 g/mol. The number of fused-ring (bicyclic) bond motifs is 1. The fourth-order valence-corrected chi connectivity index (χ4v) is 4.23. The number of hydrogen-bond donors (Lipinski definition) is 2. The zero-order valence-corrected chi connectivity index (χ0v) is 21.8. The van der Waals surface area contributed by atoms with Gasteiger partial charge < -0.3 is 20.3 Å². The standard InChI is InChI=1S/C27H25Cl2N5O3/c1-17-24(12-19-7-3-4-8-22(19)33-17)37-16-20-21(28)9-10-23(26(20)29)34(2)25(35)15-32-27(36)31-14-18-6-5-11-30-13-18/h3-13H,14-16H2,1-2H3,(H2,31,32,36). The lowest BCUT2D eigenvalue weighted by atomic mass is 10.1. The van der Waals surface area contributed by atoms with Crippen LogP contribution in [0.2, 0.25) is 10.0 Å². The number of pyridine rings is 2. The molecule has 190 valence electrons. The average molecular weight is 538 g/mol. The number of carbonyl (C=O) groups excluding carboxylic acids is 2. The number of ether oxygens (including phenoxy) is 1. The molecule has 10 heteroatoms. The summed E-state index contributed by atoms with van der Waals surface area (Å²) >= 11 is 13.1. The van der Waals surface area contributed by atoms with Crippen molar-refractivity contribution in [1.29, 1.82) is 0 Å². The molecule has 0 spiro atoms. The number of para-hydroxylation sites is 1. The van der Waals surface area contributed by atoms with Crippen molar-refractivity contribution >= 4 is 51.7 Å². The van der Waals surface area contributed by atoms with Gasteiger partial charge in [-0.25, -0.2) is 9.78 Å². The van der Waals surface area contributed by atoms with Gasteiger partial charge in [0, 0.05) is 42.0 Å².